The number of carbonyl (C=O) groups is 2. The van der Waals surface area contributed by atoms with Crippen molar-refractivity contribution in [3.63, 3.8) is 0 Å². The molecule has 0 bridgehead atoms. The van der Waals surface area contributed by atoms with Crippen LogP contribution in [0.5, 0.6) is 5.75 Å². The molecule has 0 aliphatic rings. The Bertz CT molecular complexity index is 979. The van der Waals surface area contributed by atoms with Crippen LogP contribution >= 0.6 is 0 Å². The Hall–Kier alpha value is -3.35. The number of para-hydroxylation sites is 2. The fraction of sp³-hybridized carbons (Fsp3) is 0.286. The Morgan fingerprint density at radius 2 is 1.86 bits per heavy atom. The van der Waals surface area contributed by atoms with Gasteiger partial charge in [-0.3, -0.25) is 14.9 Å². The minimum atomic E-state index is -0.442. The second kappa shape index (κ2) is 8.56. The van der Waals surface area contributed by atoms with E-state index >= 15 is 0 Å². The van der Waals surface area contributed by atoms with Crippen molar-refractivity contribution in [3.05, 3.63) is 54.1 Å². The number of imidazole rings is 1. The highest BCUT2D eigenvalue weighted by Crippen LogP contribution is 2.23. The minimum absolute atomic E-state index is 0.0961. The Labute approximate surface area is 163 Å². The average molecular weight is 380 g/mol. The van der Waals surface area contributed by atoms with Gasteiger partial charge in [-0.1, -0.05) is 24.3 Å². The van der Waals surface area contributed by atoms with E-state index in [1.54, 1.807) is 19.2 Å². The van der Waals surface area contributed by atoms with E-state index in [0.717, 1.165) is 16.6 Å². The third-order valence-electron chi connectivity index (χ3n) is 4.51. The van der Waals surface area contributed by atoms with E-state index in [4.69, 9.17) is 4.74 Å². The lowest BCUT2D eigenvalue weighted by molar-refractivity contribution is -0.120. The van der Waals surface area contributed by atoms with Crippen molar-refractivity contribution in [2.45, 2.75) is 32.9 Å². The van der Waals surface area contributed by atoms with Crippen LogP contribution in [-0.2, 0) is 16.1 Å². The van der Waals surface area contributed by atoms with E-state index in [0.29, 0.717) is 18.2 Å². The number of hydrogen-bond donors (Lipinski definition) is 2. The molecule has 1 atom stereocenters. The molecule has 0 spiro atoms. The summed E-state index contributed by atoms with van der Waals surface area (Å²) < 4.78 is 7.12. The molecular weight excluding hydrogens is 356 g/mol. The molecule has 1 heterocycles. The van der Waals surface area contributed by atoms with E-state index < -0.39 is 6.04 Å². The van der Waals surface area contributed by atoms with Crippen molar-refractivity contribution in [2.75, 3.05) is 12.4 Å². The lowest BCUT2D eigenvalue weighted by Crippen LogP contribution is -2.30. The highest BCUT2D eigenvalue weighted by molar-refractivity contribution is 5.92. The van der Waals surface area contributed by atoms with Gasteiger partial charge in [0.2, 0.25) is 17.8 Å². The largest absolute Gasteiger partial charge is 0.497 e. The summed E-state index contributed by atoms with van der Waals surface area (Å²) in [5.74, 6) is 0.797. The summed E-state index contributed by atoms with van der Waals surface area (Å²) in [7, 11) is 1.59. The minimum Gasteiger partial charge on any atom is -0.497 e. The average Bonchev–Trinajstić information content (AvgIpc) is 3.04. The van der Waals surface area contributed by atoms with Crippen LogP contribution in [0.25, 0.3) is 11.0 Å². The Kier molecular flexibility index (Phi) is 5.93. The van der Waals surface area contributed by atoms with Crippen LogP contribution in [0.3, 0.4) is 0 Å². The van der Waals surface area contributed by atoms with Crippen molar-refractivity contribution in [2.24, 2.45) is 0 Å². The van der Waals surface area contributed by atoms with Crippen molar-refractivity contribution < 1.29 is 14.3 Å². The molecule has 0 aliphatic carbocycles. The summed E-state index contributed by atoms with van der Waals surface area (Å²) in [5.41, 5.74) is 2.62. The molecule has 0 radical (unpaired) electrons. The first-order valence-electron chi connectivity index (χ1n) is 9.18. The Morgan fingerprint density at radius 1 is 1.14 bits per heavy atom. The number of hydrogen-bond acceptors (Lipinski definition) is 4. The maximum atomic E-state index is 12.7. The summed E-state index contributed by atoms with van der Waals surface area (Å²) in [6.07, 6.45) is 0.0961. The zero-order valence-corrected chi connectivity index (χ0v) is 16.2. The maximum Gasteiger partial charge on any atom is 0.229 e. The Balaban J connectivity index is 1.79. The van der Waals surface area contributed by atoms with E-state index in [1.807, 2.05) is 47.9 Å². The normalized spacial score (nSPS) is 11.8. The van der Waals surface area contributed by atoms with Crippen LogP contribution in [0, 0.1) is 0 Å². The molecule has 3 aromatic rings. The number of nitrogens with one attached hydrogen (secondary N) is 2. The first kappa shape index (κ1) is 19.4. The molecule has 2 aromatic carbocycles. The summed E-state index contributed by atoms with van der Waals surface area (Å²) in [5, 5.41) is 5.72. The van der Waals surface area contributed by atoms with Gasteiger partial charge in [-0.25, -0.2) is 4.98 Å². The summed E-state index contributed by atoms with van der Waals surface area (Å²) >= 11 is 0. The number of aryl methyl sites for hydroxylation is 1. The van der Waals surface area contributed by atoms with Crippen molar-refractivity contribution >= 4 is 28.8 Å². The molecule has 1 aromatic heterocycles. The van der Waals surface area contributed by atoms with Gasteiger partial charge in [-0.2, -0.15) is 0 Å². The molecule has 2 N–H and O–H groups in total. The number of amides is 2. The van der Waals surface area contributed by atoms with Crippen LogP contribution in [-0.4, -0.2) is 28.5 Å². The van der Waals surface area contributed by atoms with Gasteiger partial charge >= 0.3 is 0 Å². The number of aromatic nitrogens is 2. The quantitative estimate of drug-likeness (QED) is 0.659. The van der Waals surface area contributed by atoms with Gasteiger partial charge in [0.1, 0.15) is 5.75 Å². The van der Waals surface area contributed by atoms with Gasteiger partial charge in [0.25, 0.3) is 0 Å². The fourth-order valence-corrected chi connectivity index (χ4v) is 3.19. The molecule has 28 heavy (non-hydrogen) atoms. The van der Waals surface area contributed by atoms with Crippen molar-refractivity contribution in [1.29, 1.82) is 0 Å². The van der Waals surface area contributed by atoms with Crippen LogP contribution in [0.1, 0.15) is 31.9 Å². The molecule has 0 aliphatic heterocycles. The number of ether oxygens (including phenoxy) is 1. The maximum absolute atomic E-state index is 12.7. The van der Waals surface area contributed by atoms with Crippen LogP contribution < -0.4 is 15.4 Å². The topological polar surface area (TPSA) is 85.2 Å². The molecule has 3 rings (SSSR count). The van der Waals surface area contributed by atoms with Crippen LogP contribution in [0.2, 0.25) is 0 Å². The molecular formula is C21H24N4O3. The smallest absolute Gasteiger partial charge is 0.229 e. The lowest BCUT2D eigenvalue weighted by Gasteiger charge is -2.18. The van der Waals surface area contributed by atoms with E-state index in [1.165, 1.54) is 6.92 Å². The number of nitrogens with zero attached hydrogens (tertiary/aromatic N) is 2. The summed E-state index contributed by atoms with van der Waals surface area (Å²) in [4.78, 5) is 28.8. The van der Waals surface area contributed by atoms with Gasteiger partial charge in [0.05, 0.1) is 30.6 Å². The highest BCUT2D eigenvalue weighted by Gasteiger charge is 2.19. The highest BCUT2D eigenvalue weighted by atomic mass is 16.5. The molecule has 146 valence electrons. The lowest BCUT2D eigenvalue weighted by atomic mass is 10.0. The first-order chi connectivity index (χ1) is 13.5. The molecule has 0 saturated carbocycles. The molecule has 7 heteroatoms. The van der Waals surface area contributed by atoms with Gasteiger partial charge in [-0.15, -0.1) is 0 Å². The van der Waals surface area contributed by atoms with Crippen LogP contribution in [0.15, 0.2) is 48.5 Å². The monoisotopic (exact) mass is 380 g/mol. The zero-order valence-electron chi connectivity index (χ0n) is 16.2. The molecule has 0 saturated heterocycles. The summed E-state index contributed by atoms with van der Waals surface area (Å²) in [6.45, 7) is 4.12. The third-order valence-corrected chi connectivity index (χ3v) is 4.51. The number of benzene rings is 2. The zero-order chi connectivity index (χ0) is 20.1. The molecule has 0 fully saturated rings. The number of rotatable bonds is 7. The predicted octanol–water partition coefficient (Wildman–Crippen LogP) is 3.27. The van der Waals surface area contributed by atoms with Gasteiger partial charge < -0.3 is 14.6 Å². The second-order valence-electron chi connectivity index (χ2n) is 6.45. The van der Waals surface area contributed by atoms with Gasteiger partial charge in [0.15, 0.2) is 0 Å². The number of anilines is 1. The number of methoxy groups -OCH3 is 1. The molecule has 7 nitrogen and oxygen atoms in total. The van der Waals surface area contributed by atoms with Crippen molar-refractivity contribution in [1.82, 2.24) is 14.9 Å². The number of carbonyl (C=O) groups excluding carboxylic acids is 2. The van der Waals surface area contributed by atoms with Gasteiger partial charge in [-0.05, 0) is 36.8 Å². The van der Waals surface area contributed by atoms with E-state index in [9.17, 15) is 9.59 Å². The second-order valence-corrected chi connectivity index (χ2v) is 6.45. The molecule has 1 unspecified atom stereocenters. The fourth-order valence-electron chi connectivity index (χ4n) is 3.19. The van der Waals surface area contributed by atoms with E-state index in [-0.39, 0.29) is 18.2 Å². The van der Waals surface area contributed by atoms with Gasteiger partial charge in [0, 0.05) is 13.5 Å². The SMILES string of the molecule is CCn1c(NC(=O)CC(NC(C)=O)c2ccc(OC)cc2)nc2ccccc21. The molecule has 2 amide bonds. The van der Waals surface area contributed by atoms with E-state index in [2.05, 4.69) is 15.6 Å². The third kappa shape index (κ3) is 4.31. The summed E-state index contributed by atoms with van der Waals surface area (Å²) in [6, 6.07) is 14.6. The first-order valence-corrected chi connectivity index (χ1v) is 9.18. The standard InChI is InChI=1S/C21H24N4O3/c1-4-25-19-8-6-5-7-17(19)23-21(25)24-20(27)13-18(22-14(2)26)15-9-11-16(28-3)12-10-15/h5-12,18H,4,13H2,1-3H3,(H,22,26)(H,23,24,27). The number of fused-ring (bicyclic) bond motifs is 1. The van der Waals surface area contributed by atoms with Crippen molar-refractivity contribution in [3.8, 4) is 5.75 Å². The predicted molar refractivity (Wildman–Crippen MR) is 108 cm³/mol. The van der Waals surface area contributed by atoms with Crippen LogP contribution in [0.4, 0.5) is 5.95 Å². The Morgan fingerprint density at radius 3 is 2.50 bits per heavy atom.